The molecule has 0 bridgehead atoms. The predicted octanol–water partition coefficient (Wildman–Crippen LogP) is 1.62. The smallest absolute Gasteiger partial charge is 0.258 e. The predicted molar refractivity (Wildman–Crippen MR) is 52.7 cm³/mol. The molecule has 1 aromatic carbocycles. The Labute approximate surface area is 89.5 Å². The van der Waals surface area contributed by atoms with Crippen LogP contribution in [0.1, 0.15) is 5.56 Å². The van der Waals surface area contributed by atoms with Crippen LogP contribution < -0.4 is 0 Å². The van der Waals surface area contributed by atoms with E-state index < -0.39 is 10.7 Å². The van der Waals surface area contributed by atoms with Crippen LogP contribution in [0.5, 0.6) is 0 Å². The monoisotopic (exact) mass is 222 g/mol. The zero-order valence-electron chi connectivity index (χ0n) is 8.29. The molecule has 0 aliphatic carbocycles. The van der Waals surface area contributed by atoms with Gasteiger partial charge in [0.1, 0.15) is 24.2 Å². The van der Waals surface area contributed by atoms with Gasteiger partial charge in [0.2, 0.25) is 0 Å². The summed E-state index contributed by atoms with van der Waals surface area (Å²) in [6.07, 6.45) is 2.57. The van der Waals surface area contributed by atoms with E-state index in [0.717, 1.165) is 6.07 Å². The van der Waals surface area contributed by atoms with Gasteiger partial charge in [0.25, 0.3) is 5.69 Å². The van der Waals surface area contributed by atoms with Gasteiger partial charge >= 0.3 is 0 Å². The molecular formula is C9H7FN4O2. The van der Waals surface area contributed by atoms with Crippen molar-refractivity contribution in [3.05, 3.63) is 46.3 Å². The summed E-state index contributed by atoms with van der Waals surface area (Å²) in [5, 5.41) is 14.5. The molecule has 1 aromatic heterocycles. The SMILES string of the molecule is Cc1cc(-n2cncn2)c([N+](=O)[O-])cc1F. The van der Waals surface area contributed by atoms with E-state index >= 15 is 0 Å². The van der Waals surface area contributed by atoms with Crippen molar-refractivity contribution in [2.24, 2.45) is 0 Å². The van der Waals surface area contributed by atoms with Gasteiger partial charge in [-0.2, -0.15) is 5.10 Å². The summed E-state index contributed by atoms with van der Waals surface area (Å²) in [6.45, 7) is 1.53. The Balaban J connectivity index is 2.68. The minimum absolute atomic E-state index is 0.196. The standard InChI is InChI=1S/C9H7FN4O2/c1-6-2-8(13-5-11-4-12-13)9(14(15)16)3-7(6)10/h2-5H,1H3. The van der Waals surface area contributed by atoms with Crippen LogP contribution in [0.15, 0.2) is 24.8 Å². The molecule has 0 spiro atoms. The first-order chi connectivity index (χ1) is 7.59. The highest BCUT2D eigenvalue weighted by atomic mass is 19.1. The van der Waals surface area contributed by atoms with Crippen molar-refractivity contribution >= 4 is 5.69 Å². The third-order valence-electron chi connectivity index (χ3n) is 2.12. The minimum atomic E-state index is -0.653. The normalized spacial score (nSPS) is 10.4. The molecule has 0 saturated heterocycles. The Hall–Kier alpha value is -2.31. The Morgan fingerprint density at radius 2 is 2.25 bits per heavy atom. The Bertz CT molecular complexity index is 539. The Morgan fingerprint density at radius 1 is 1.50 bits per heavy atom. The molecule has 0 aliphatic heterocycles. The lowest BCUT2D eigenvalue weighted by atomic mass is 10.2. The lowest BCUT2D eigenvalue weighted by Crippen LogP contribution is -2.02. The summed E-state index contributed by atoms with van der Waals surface area (Å²) in [7, 11) is 0. The summed E-state index contributed by atoms with van der Waals surface area (Å²) in [5.74, 6) is -0.615. The third-order valence-corrected chi connectivity index (χ3v) is 2.12. The topological polar surface area (TPSA) is 73.8 Å². The number of rotatable bonds is 2. The van der Waals surface area contributed by atoms with Crippen LogP contribution in [0.3, 0.4) is 0 Å². The zero-order chi connectivity index (χ0) is 11.7. The average molecular weight is 222 g/mol. The van der Waals surface area contributed by atoms with Crippen molar-refractivity contribution < 1.29 is 9.31 Å². The summed E-state index contributed by atoms with van der Waals surface area (Å²) in [6, 6.07) is 2.24. The van der Waals surface area contributed by atoms with E-state index in [2.05, 4.69) is 10.1 Å². The molecule has 0 atom stereocenters. The highest BCUT2D eigenvalue weighted by Crippen LogP contribution is 2.25. The van der Waals surface area contributed by atoms with Gasteiger partial charge in [0, 0.05) is 0 Å². The lowest BCUT2D eigenvalue weighted by molar-refractivity contribution is -0.384. The molecule has 0 saturated carbocycles. The maximum absolute atomic E-state index is 13.2. The summed E-state index contributed by atoms with van der Waals surface area (Å²) >= 11 is 0. The van der Waals surface area contributed by atoms with Gasteiger partial charge in [-0.3, -0.25) is 10.1 Å². The maximum Gasteiger partial charge on any atom is 0.297 e. The molecular weight excluding hydrogens is 215 g/mol. The zero-order valence-corrected chi connectivity index (χ0v) is 8.29. The fourth-order valence-corrected chi connectivity index (χ4v) is 1.32. The van der Waals surface area contributed by atoms with E-state index in [0.29, 0.717) is 5.56 Å². The largest absolute Gasteiger partial charge is 0.297 e. The maximum atomic E-state index is 13.2. The van der Waals surface area contributed by atoms with Gasteiger partial charge in [0.15, 0.2) is 0 Å². The van der Waals surface area contributed by atoms with Crippen LogP contribution in [0.25, 0.3) is 5.69 Å². The second kappa shape index (κ2) is 3.69. The highest BCUT2D eigenvalue weighted by Gasteiger charge is 2.18. The first-order valence-electron chi connectivity index (χ1n) is 4.39. The van der Waals surface area contributed by atoms with Crippen molar-refractivity contribution in [3.8, 4) is 5.69 Å². The van der Waals surface area contributed by atoms with E-state index in [9.17, 15) is 14.5 Å². The molecule has 6 nitrogen and oxygen atoms in total. The van der Waals surface area contributed by atoms with Crippen molar-refractivity contribution in [1.29, 1.82) is 0 Å². The minimum Gasteiger partial charge on any atom is -0.258 e. The average Bonchev–Trinajstić information content (AvgIpc) is 2.74. The number of nitro benzene ring substituents is 1. The van der Waals surface area contributed by atoms with Crippen molar-refractivity contribution in [1.82, 2.24) is 14.8 Å². The molecule has 7 heteroatoms. The quantitative estimate of drug-likeness (QED) is 0.571. The van der Waals surface area contributed by atoms with Crippen LogP contribution in [-0.4, -0.2) is 19.7 Å². The molecule has 2 aromatic rings. The van der Waals surface area contributed by atoms with Crippen LogP contribution in [-0.2, 0) is 0 Å². The molecule has 0 fully saturated rings. The molecule has 0 aliphatic rings. The third kappa shape index (κ3) is 1.62. The van der Waals surface area contributed by atoms with Gasteiger partial charge in [0.05, 0.1) is 11.0 Å². The number of aryl methyl sites for hydroxylation is 1. The van der Waals surface area contributed by atoms with Gasteiger partial charge in [-0.1, -0.05) is 0 Å². The molecule has 82 valence electrons. The second-order valence-corrected chi connectivity index (χ2v) is 3.19. The highest BCUT2D eigenvalue weighted by molar-refractivity contribution is 5.53. The molecule has 1 heterocycles. The van der Waals surface area contributed by atoms with E-state index in [-0.39, 0.29) is 11.4 Å². The number of aromatic nitrogens is 3. The molecule has 0 amide bonds. The second-order valence-electron chi connectivity index (χ2n) is 3.19. The van der Waals surface area contributed by atoms with Crippen molar-refractivity contribution in [2.75, 3.05) is 0 Å². The van der Waals surface area contributed by atoms with Gasteiger partial charge in [-0.15, -0.1) is 0 Å². The van der Waals surface area contributed by atoms with Crippen LogP contribution in [0.4, 0.5) is 10.1 Å². The summed E-state index contributed by atoms with van der Waals surface area (Å²) in [4.78, 5) is 13.8. The van der Waals surface area contributed by atoms with E-state index in [1.165, 1.54) is 30.3 Å². The van der Waals surface area contributed by atoms with Crippen molar-refractivity contribution in [3.63, 3.8) is 0 Å². The van der Waals surface area contributed by atoms with E-state index in [1.807, 2.05) is 0 Å². The number of nitro groups is 1. The fraction of sp³-hybridized carbons (Fsp3) is 0.111. The number of hydrogen-bond acceptors (Lipinski definition) is 4. The number of benzene rings is 1. The fourth-order valence-electron chi connectivity index (χ4n) is 1.32. The van der Waals surface area contributed by atoms with Gasteiger partial charge in [-0.25, -0.2) is 14.1 Å². The summed E-state index contributed by atoms with van der Waals surface area (Å²) in [5.41, 5.74) is 0.172. The van der Waals surface area contributed by atoms with Gasteiger partial charge < -0.3 is 0 Å². The number of halogens is 1. The molecule has 0 unspecified atom stereocenters. The van der Waals surface area contributed by atoms with Crippen molar-refractivity contribution in [2.45, 2.75) is 6.92 Å². The Morgan fingerprint density at radius 3 is 2.81 bits per heavy atom. The van der Waals surface area contributed by atoms with E-state index in [4.69, 9.17) is 0 Å². The van der Waals surface area contributed by atoms with E-state index in [1.54, 1.807) is 0 Å². The first-order valence-corrected chi connectivity index (χ1v) is 4.39. The Kier molecular flexibility index (Phi) is 2.35. The first kappa shape index (κ1) is 10.2. The van der Waals surface area contributed by atoms with Crippen LogP contribution in [0, 0.1) is 22.9 Å². The summed E-state index contributed by atoms with van der Waals surface area (Å²) < 4.78 is 14.4. The van der Waals surface area contributed by atoms with Crippen LogP contribution >= 0.6 is 0 Å². The lowest BCUT2D eigenvalue weighted by Gasteiger charge is -2.04. The molecule has 16 heavy (non-hydrogen) atoms. The molecule has 0 N–H and O–H groups in total. The van der Waals surface area contributed by atoms with Crippen LogP contribution in [0.2, 0.25) is 0 Å². The number of hydrogen-bond donors (Lipinski definition) is 0. The molecule has 2 rings (SSSR count). The molecule has 0 radical (unpaired) electrons. The van der Waals surface area contributed by atoms with Gasteiger partial charge in [-0.05, 0) is 18.6 Å². The number of nitrogens with zero attached hydrogens (tertiary/aromatic N) is 4.